The van der Waals surface area contributed by atoms with E-state index in [-0.39, 0.29) is 19.1 Å². The zero-order chi connectivity index (χ0) is 16.3. The van der Waals surface area contributed by atoms with Crippen molar-refractivity contribution in [2.75, 3.05) is 13.2 Å². The Balaban J connectivity index is 2.16. The fourth-order valence-corrected chi connectivity index (χ4v) is 2.45. The number of ether oxygens (including phenoxy) is 1. The molecule has 2 rings (SSSR count). The number of carbonyl (C=O) groups excluding carboxylic acids is 2. The Morgan fingerprint density at radius 1 is 1.32 bits per heavy atom. The van der Waals surface area contributed by atoms with Crippen LogP contribution < -0.4 is 0 Å². The average Bonchev–Trinajstić information content (AvgIpc) is 2.93. The lowest BCUT2D eigenvalue weighted by atomic mass is 10.1. The van der Waals surface area contributed by atoms with Gasteiger partial charge in [-0.1, -0.05) is 19.9 Å². The number of nitrogens with zero attached hydrogens (tertiary/aromatic N) is 1. The minimum Gasteiger partial charge on any atom is -0.464 e. The van der Waals surface area contributed by atoms with Crippen molar-refractivity contribution in [1.29, 1.82) is 0 Å². The van der Waals surface area contributed by atoms with Gasteiger partial charge in [-0.2, -0.15) is 0 Å². The third-order valence-corrected chi connectivity index (χ3v) is 3.52. The number of halogens is 2. The van der Waals surface area contributed by atoms with E-state index in [1.165, 1.54) is 11.0 Å². The largest absolute Gasteiger partial charge is 0.464 e. The fraction of sp³-hybridized carbons (Fsp3) is 0.500. The SMILES string of the molecule is CC(C)COC(=O)C1CCCN1C(=O)c1c(F)cccc1F. The van der Waals surface area contributed by atoms with Crippen molar-refractivity contribution in [2.45, 2.75) is 32.7 Å². The van der Waals surface area contributed by atoms with Gasteiger partial charge in [0.15, 0.2) is 0 Å². The highest BCUT2D eigenvalue weighted by molar-refractivity contribution is 5.97. The van der Waals surface area contributed by atoms with E-state index in [4.69, 9.17) is 4.74 Å². The number of benzene rings is 1. The van der Waals surface area contributed by atoms with Gasteiger partial charge >= 0.3 is 5.97 Å². The second-order valence-corrected chi connectivity index (χ2v) is 5.78. The molecule has 1 saturated heterocycles. The van der Waals surface area contributed by atoms with Crippen molar-refractivity contribution in [1.82, 2.24) is 4.90 Å². The molecular formula is C16H19F2NO3. The normalized spacial score (nSPS) is 17.9. The molecule has 1 aliphatic heterocycles. The Labute approximate surface area is 128 Å². The van der Waals surface area contributed by atoms with E-state index in [9.17, 15) is 18.4 Å². The molecule has 0 bridgehead atoms. The lowest BCUT2D eigenvalue weighted by Crippen LogP contribution is -2.42. The van der Waals surface area contributed by atoms with Crippen LogP contribution in [0.15, 0.2) is 18.2 Å². The quantitative estimate of drug-likeness (QED) is 0.803. The lowest BCUT2D eigenvalue weighted by Gasteiger charge is -2.24. The third-order valence-electron chi connectivity index (χ3n) is 3.52. The molecular weight excluding hydrogens is 292 g/mol. The van der Waals surface area contributed by atoms with Gasteiger partial charge < -0.3 is 9.64 Å². The van der Waals surface area contributed by atoms with Crippen LogP contribution >= 0.6 is 0 Å². The molecule has 22 heavy (non-hydrogen) atoms. The summed E-state index contributed by atoms with van der Waals surface area (Å²) < 4.78 is 32.6. The number of rotatable bonds is 4. The molecule has 1 unspecified atom stereocenters. The predicted octanol–water partition coefficient (Wildman–Crippen LogP) is 2.77. The molecule has 1 aliphatic rings. The van der Waals surface area contributed by atoms with Crippen LogP contribution in [0.1, 0.15) is 37.0 Å². The van der Waals surface area contributed by atoms with E-state index in [0.29, 0.717) is 12.8 Å². The third kappa shape index (κ3) is 3.43. The van der Waals surface area contributed by atoms with Crippen LogP contribution in [0.25, 0.3) is 0 Å². The van der Waals surface area contributed by atoms with Gasteiger partial charge in [-0.05, 0) is 30.9 Å². The summed E-state index contributed by atoms with van der Waals surface area (Å²) in [4.78, 5) is 25.6. The van der Waals surface area contributed by atoms with Crippen molar-refractivity contribution >= 4 is 11.9 Å². The maximum atomic E-state index is 13.7. The number of hydrogen-bond acceptors (Lipinski definition) is 3. The second-order valence-electron chi connectivity index (χ2n) is 5.78. The molecule has 1 aromatic carbocycles. The minimum atomic E-state index is -0.925. The highest BCUT2D eigenvalue weighted by Gasteiger charge is 2.37. The van der Waals surface area contributed by atoms with E-state index in [1.807, 2.05) is 13.8 Å². The zero-order valence-corrected chi connectivity index (χ0v) is 12.6. The Morgan fingerprint density at radius 3 is 2.55 bits per heavy atom. The summed E-state index contributed by atoms with van der Waals surface area (Å²) in [5.41, 5.74) is -0.619. The molecule has 0 aliphatic carbocycles. The maximum absolute atomic E-state index is 13.7. The number of esters is 1. The highest BCUT2D eigenvalue weighted by atomic mass is 19.1. The summed E-state index contributed by atoms with van der Waals surface area (Å²) in [6.07, 6.45) is 1.04. The van der Waals surface area contributed by atoms with Crippen LogP contribution in [0, 0.1) is 17.6 Å². The monoisotopic (exact) mass is 311 g/mol. The van der Waals surface area contributed by atoms with Crippen molar-refractivity contribution in [2.24, 2.45) is 5.92 Å². The van der Waals surface area contributed by atoms with Crippen molar-refractivity contribution in [3.05, 3.63) is 35.4 Å². The van der Waals surface area contributed by atoms with E-state index in [0.717, 1.165) is 12.1 Å². The predicted molar refractivity (Wildman–Crippen MR) is 76.2 cm³/mol. The Kier molecular flexibility index (Phi) is 5.11. The maximum Gasteiger partial charge on any atom is 0.328 e. The molecule has 0 radical (unpaired) electrons. The molecule has 1 heterocycles. The minimum absolute atomic E-state index is 0.179. The van der Waals surface area contributed by atoms with E-state index in [1.54, 1.807) is 0 Å². The number of hydrogen-bond donors (Lipinski definition) is 0. The number of likely N-dealkylation sites (tertiary alicyclic amines) is 1. The van der Waals surface area contributed by atoms with Gasteiger partial charge in [-0.15, -0.1) is 0 Å². The zero-order valence-electron chi connectivity index (χ0n) is 12.6. The molecule has 0 aromatic heterocycles. The molecule has 0 saturated carbocycles. The topological polar surface area (TPSA) is 46.6 Å². The van der Waals surface area contributed by atoms with Crippen LogP contribution in [0.3, 0.4) is 0 Å². The van der Waals surface area contributed by atoms with Gasteiger partial charge in [0.2, 0.25) is 0 Å². The molecule has 0 spiro atoms. The fourth-order valence-electron chi connectivity index (χ4n) is 2.45. The van der Waals surface area contributed by atoms with E-state index < -0.39 is 35.1 Å². The summed E-state index contributed by atoms with van der Waals surface area (Å²) in [6, 6.07) is 2.47. The summed E-state index contributed by atoms with van der Waals surface area (Å²) in [7, 11) is 0. The molecule has 0 N–H and O–H groups in total. The Morgan fingerprint density at radius 2 is 1.95 bits per heavy atom. The Bertz CT molecular complexity index is 554. The first-order valence-electron chi connectivity index (χ1n) is 7.33. The summed E-state index contributed by atoms with van der Waals surface area (Å²) in [6.45, 7) is 4.35. The molecule has 1 amide bonds. The molecule has 120 valence electrons. The lowest BCUT2D eigenvalue weighted by molar-refractivity contribution is -0.149. The molecule has 6 heteroatoms. The van der Waals surface area contributed by atoms with Gasteiger partial charge in [-0.3, -0.25) is 4.79 Å². The highest BCUT2D eigenvalue weighted by Crippen LogP contribution is 2.23. The summed E-state index contributed by atoms with van der Waals surface area (Å²) in [5, 5.41) is 0. The van der Waals surface area contributed by atoms with Crippen LogP contribution in [0.5, 0.6) is 0 Å². The summed E-state index contributed by atoms with van der Waals surface area (Å²) in [5.74, 6) is -2.99. The van der Waals surface area contributed by atoms with Crippen molar-refractivity contribution < 1.29 is 23.1 Å². The summed E-state index contributed by atoms with van der Waals surface area (Å²) >= 11 is 0. The van der Waals surface area contributed by atoms with Crippen molar-refractivity contribution in [3.8, 4) is 0 Å². The average molecular weight is 311 g/mol. The smallest absolute Gasteiger partial charge is 0.328 e. The Hall–Kier alpha value is -1.98. The van der Waals surface area contributed by atoms with Crippen LogP contribution in [0.4, 0.5) is 8.78 Å². The van der Waals surface area contributed by atoms with Gasteiger partial charge in [0, 0.05) is 6.54 Å². The van der Waals surface area contributed by atoms with Gasteiger partial charge in [0.1, 0.15) is 23.2 Å². The molecule has 1 fully saturated rings. The van der Waals surface area contributed by atoms with Crippen LogP contribution in [-0.2, 0) is 9.53 Å². The first-order valence-corrected chi connectivity index (χ1v) is 7.33. The van der Waals surface area contributed by atoms with Crippen LogP contribution in [0.2, 0.25) is 0 Å². The number of amides is 1. The first kappa shape index (κ1) is 16.4. The molecule has 1 atom stereocenters. The van der Waals surface area contributed by atoms with Crippen molar-refractivity contribution in [3.63, 3.8) is 0 Å². The van der Waals surface area contributed by atoms with Crippen LogP contribution in [-0.4, -0.2) is 36.0 Å². The van der Waals surface area contributed by atoms with E-state index >= 15 is 0 Å². The second kappa shape index (κ2) is 6.85. The number of carbonyl (C=O) groups is 2. The standard InChI is InChI=1S/C16H19F2NO3/c1-10(2)9-22-16(21)13-7-4-8-19(13)15(20)14-11(17)5-3-6-12(14)18/h3,5-6,10,13H,4,7-9H2,1-2H3. The molecule has 1 aromatic rings. The van der Waals surface area contributed by atoms with Gasteiger partial charge in [-0.25, -0.2) is 13.6 Å². The molecule has 4 nitrogen and oxygen atoms in total. The van der Waals surface area contributed by atoms with E-state index in [2.05, 4.69) is 0 Å². The van der Waals surface area contributed by atoms with Gasteiger partial charge in [0.25, 0.3) is 5.91 Å². The van der Waals surface area contributed by atoms with Gasteiger partial charge in [0.05, 0.1) is 6.61 Å². The first-order chi connectivity index (χ1) is 10.4.